The number of likely N-dealkylation sites (tertiary alicyclic amines) is 1. The summed E-state index contributed by atoms with van der Waals surface area (Å²) in [5.41, 5.74) is 4.85. The molecular formula is C58H60N13O11+. The van der Waals surface area contributed by atoms with Crippen LogP contribution in [0.1, 0.15) is 41.3 Å². The predicted molar refractivity (Wildman–Crippen MR) is 297 cm³/mol. The molecule has 10 rings (SSSR count). The molecule has 24 heteroatoms. The molecule has 0 saturated carbocycles. The predicted octanol–water partition coefficient (Wildman–Crippen LogP) is 7.27. The summed E-state index contributed by atoms with van der Waals surface area (Å²) in [5, 5.41) is 43.6. The third-order valence-electron chi connectivity index (χ3n) is 15.0. The number of nitrogens with zero attached hydrogens (tertiary/aromatic N) is 12. The summed E-state index contributed by atoms with van der Waals surface area (Å²) in [5.74, 6) is 0.947. The van der Waals surface area contributed by atoms with E-state index in [9.17, 15) is 34.2 Å². The molecule has 0 bridgehead atoms. The fraction of sp³-hybridized carbons (Fsp3) is 0.328. The summed E-state index contributed by atoms with van der Waals surface area (Å²) in [7, 11) is 6.60. The van der Waals surface area contributed by atoms with Crippen LogP contribution in [0, 0.1) is 17.2 Å². The molecule has 6 heterocycles. The Morgan fingerprint density at radius 1 is 0.854 bits per heavy atom. The van der Waals surface area contributed by atoms with Crippen molar-refractivity contribution < 1.29 is 57.7 Å². The fourth-order valence-corrected chi connectivity index (χ4v) is 10.2. The molecule has 3 aliphatic heterocycles. The molecule has 1 fully saturated rings. The monoisotopic (exact) mass is 1110 g/mol. The highest BCUT2D eigenvalue weighted by Crippen LogP contribution is 2.42. The zero-order valence-electron chi connectivity index (χ0n) is 45.8. The third kappa shape index (κ3) is 11.7. The maximum Gasteiger partial charge on any atom is 0.415 e. The number of nitrogens with one attached hydrogen (secondary N) is 1. The van der Waals surface area contributed by atoms with E-state index in [4.69, 9.17) is 24.2 Å². The number of amides is 5. The van der Waals surface area contributed by atoms with Gasteiger partial charge >= 0.3 is 18.2 Å². The molecule has 3 aliphatic rings. The molecular weight excluding hydrogens is 1050 g/mol. The van der Waals surface area contributed by atoms with Crippen LogP contribution >= 0.6 is 0 Å². The molecule has 3 aromatic heterocycles. The van der Waals surface area contributed by atoms with Gasteiger partial charge in [0, 0.05) is 86.1 Å². The number of aromatic hydroxyl groups is 2. The number of benzene rings is 4. The number of aromatic nitrogens is 4. The van der Waals surface area contributed by atoms with Crippen molar-refractivity contribution in [2.75, 3.05) is 79.2 Å². The summed E-state index contributed by atoms with van der Waals surface area (Å²) in [6.07, 6.45) is 4.89. The van der Waals surface area contributed by atoms with Gasteiger partial charge in [-0.2, -0.15) is 20.1 Å². The van der Waals surface area contributed by atoms with Gasteiger partial charge in [-0.25, -0.2) is 24.4 Å². The molecule has 3 N–H and O–H groups in total. The van der Waals surface area contributed by atoms with Crippen molar-refractivity contribution in [3.05, 3.63) is 114 Å². The quantitative estimate of drug-likeness (QED) is 0.0673. The van der Waals surface area contributed by atoms with Crippen LogP contribution in [0.4, 0.5) is 31.6 Å². The lowest BCUT2D eigenvalue weighted by molar-refractivity contribution is -0.686. The molecule has 82 heavy (non-hydrogen) atoms. The van der Waals surface area contributed by atoms with Crippen LogP contribution < -0.4 is 29.0 Å². The highest BCUT2D eigenvalue weighted by molar-refractivity contribution is 5.98. The lowest BCUT2D eigenvalue weighted by atomic mass is 9.92. The Hall–Kier alpha value is -10.1. The van der Waals surface area contributed by atoms with Gasteiger partial charge in [0.05, 0.1) is 45.4 Å². The SMILES string of the molecule is C[C@H]1CCN(C(=O)CC#N)C[C@H]1N(C)c1ncnc2c1ccn2C(=O)N(C)CCN(C)C(=O)OCc1ccc(N=Nc2ccc(O)c(C(=O)NCCN(C)C(=O)Oc3c(O)ccc4cc5[n+](cc34)CCc3cc4c(cc3-5)OCO4)c2)cc1. The number of phenols is 2. The number of hydrogen-bond acceptors (Lipinski definition) is 17. The number of aryl methyl sites for hydroxylation is 2. The second-order valence-corrected chi connectivity index (χ2v) is 20.4. The van der Waals surface area contributed by atoms with E-state index in [2.05, 4.69) is 32.4 Å². The van der Waals surface area contributed by atoms with E-state index in [1.807, 2.05) is 47.0 Å². The van der Waals surface area contributed by atoms with Gasteiger partial charge in [0.2, 0.25) is 18.4 Å². The molecule has 0 aliphatic carbocycles. The van der Waals surface area contributed by atoms with E-state index in [1.165, 1.54) is 56.9 Å². The van der Waals surface area contributed by atoms with Crippen molar-refractivity contribution in [1.82, 2.24) is 39.5 Å². The lowest BCUT2D eigenvalue weighted by Gasteiger charge is -2.42. The Bertz CT molecular complexity index is 3710. The van der Waals surface area contributed by atoms with Crippen molar-refractivity contribution in [2.45, 2.75) is 45.4 Å². The molecule has 0 spiro atoms. The van der Waals surface area contributed by atoms with Crippen molar-refractivity contribution in [3.63, 3.8) is 0 Å². The summed E-state index contributed by atoms with van der Waals surface area (Å²) in [4.78, 5) is 82.6. The van der Waals surface area contributed by atoms with Crippen LogP contribution in [-0.2, 0) is 29.1 Å². The van der Waals surface area contributed by atoms with Crippen molar-refractivity contribution in [2.24, 2.45) is 16.1 Å². The molecule has 2 atom stereocenters. The molecule has 0 radical (unpaired) electrons. The number of carbonyl (C=O) groups is 5. The van der Waals surface area contributed by atoms with Gasteiger partial charge in [-0.05, 0) is 89.5 Å². The zero-order valence-corrected chi connectivity index (χ0v) is 45.8. The maximum absolute atomic E-state index is 13.7. The lowest BCUT2D eigenvalue weighted by Crippen LogP contribution is -2.52. The van der Waals surface area contributed by atoms with Crippen LogP contribution in [0.5, 0.6) is 28.7 Å². The normalized spacial score (nSPS) is 15.1. The number of azo groups is 1. The average Bonchev–Trinajstić information content (AvgIpc) is 4.30. The number of hydrogen-bond donors (Lipinski definition) is 3. The Kier molecular flexibility index (Phi) is 16.0. The van der Waals surface area contributed by atoms with Crippen LogP contribution in [0.15, 0.2) is 108 Å². The molecule has 24 nitrogen and oxygen atoms in total. The summed E-state index contributed by atoms with van der Waals surface area (Å²) >= 11 is 0. The number of rotatable bonds is 15. The van der Waals surface area contributed by atoms with E-state index < -0.39 is 18.1 Å². The number of nitriles is 1. The number of carbonyl (C=O) groups excluding carboxylic acids is 5. The van der Waals surface area contributed by atoms with Gasteiger partial charge in [-0.1, -0.05) is 19.1 Å². The van der Waals surface area contributed by atoms with Crippen LogP contribution in [-0.4, -0.2) is 155 Å². The first-order valence-electron chi connectivity index (χ1n) is 26.5. The van der Waals surface area contributed by atoms with Crippen LogP contribution in [0.2, 0.25) is 0 Å². The number of pyridine rings is 1. The number of likely N-dealkylation sites (N-methyl/N-ethyl adjacent to an activating group) is 4. The number of anilines is 1. The minimum Gasteiger partial charge on any atom is -0.507 e. The topological polar surface area (TPSA) is 274 Å². The molecule has 0 unspecified atom stereocenters. The average molecular weight is 1120 g/mol. The Labute approximate surface area is 470 Å². The second kappa shape index (κ2) is 23.7. The molecule has 4 aromatic carbocycles. The summed E-state index contributed by atoms with van der Waals surface area (Å²) < 4.78 is 26.0. The van der Waals surface area contributed by atoms with Crippen molar-refractivity contribution in [1.29, 1.82) is 5.26 Å². The van der Waals surface area contributed by atoms with Crippen molar-refractivity contribution >= 4 is 69.0 Å². The van der Waals surface area contributed by atoms with Gasteiger partial charge in [-0.15, -0.1) is 0 Å². The van der Waals surface area contributed by atoms with Gasteiger partial charge in [0.1, 0.15) is 30.9 Å². The molecule has 7 aromatic rings. The van der Waals surface area contributed by atoms with E-state index in [1.54, 1.807) is 61.6 Å². The van der Waals surface area contributed by atoms with E-state index >= 15 is 0 Å². The zero-order chi connectivity index (χ0) is 57.8. The standard InChI is InChI=1S/C58H59N13O11/c1-35-15-20-70(51(74)14-18-59)31-46(35)68(5)53-41-17-22-71(54(41)62-33-61-53)56(76)65(2)24-25-67(4)57(77)79-32-36-6-9-39(10-7-36)63-64-40-11-13-47(72)43(28-40)55(75)60-19-23-66(3)58(78)82-52-44-30-69-21-16-38-27-49-50(81-34-80-49)29-42(38)45(69)26-37(44)8-12-48(52)73/h6-13,17,22,26-30,33,35,46H,14-16,19-21,23-25,31-32,34H2,1-5H3,(H2-,60,63,72,73,75)/p+1/t35-,46+/m0/s1. The Morgan fingerprint density at radius 2 is 1.59 bits per heavy atom. The number of phenolic OH excluding ortho intramolecular Hbond substituents is 2. The Balaban J connectivity index is 0.670. The number of piperidine rings is 1. The molecule has 1 saturated heterocycles. The van der Waals surface area contributed by atoms with Crippen LogP contribution in [0.3, 0.4) is 0 Å². The smallest absolute Gasteiger partial charge is 0.415 e. The number of ether oxygens (including phenoxy) is 4. The second-order valence-electron chi connectivity index (χ2n) is 20.4. The maximum atomic E-state index is 13.7. The highest BCUT2D eigenvalue weighted by Gasteiger charge is 2.34. The Morgan fingerprint density at radius 3 is 2.38 bits per heavy atom. The van der Waals surface area contributed by atoms with Gasteiger partial charge < -0.3 is 59.0 Å². The van der Waals surface area contributed by atoms with Crippen LogP contribution in [0.25, 0.3) is 33.1 Å². The largest absolute Gasteiger partial charge is 0.507 e. The first-order chi connectivity index (χ1) is 39.5. The van der Waals surface area contributed by atoms with Gasteiger partial charge in [0.15, 0.2) is 41.4 Å². The fourth-order valence-electron chi connectivity index (χ4n) is 10.2. The first kappa shape index (κ1) is 55.3. The van der Waals surface area contributed by atoms with E-state index in [0.717, 1.165) is 40.8 Å². The minimum atomic E-state index is -0.759. The molecule has 422 valence electrons. The highest BCUT2D eigenvalue weighted by atomic mass is 16.7. The number of fused-ring (bicyclic) bond motifs is 6. The third-order valence-corrected chi connectivity index (χ3v) is 15.0. The van der Waals surface area contributed by atoms with Gasteiger partial charge in [0.25, 0.3) is 5.91 Å². The van der Waals surface area contributed by atoms with Gasteiger partial charge in [-0.3, -0.25) is 14.2 Å². The van der Waals surface area contributed by atoms with E-state index in [0.29, 0.717) is 58.9 Å². The minimum absolute atomic E-state index is 0.00176. The van der Waals surface area contributed by atoms with Crippen molar-refractivity contribution in [3.8, 4) is 46.1 Å². The summed E-state index contributed by atoms with van der Waals surface area (Å²) in [6.45, 7) is 4.34. The van der Waals surface area contributed by atoms with E-state index in [-0.39, 0.29) is 98.4 Å². The molecule has 5 amide bonds. The summed E-state index contributed by atoms with van der Waals surface area (Å²) in [6, 6.07) is 23.5. The first-order valence-corrected chi connectivity index (χ1v) is 26.5.